The number of carbonyl (C=O) groups is 1. The van der Waals surface area contributed by atoms with Gasteiger partial charge >= 0.3 is 6.03 Å². The highest BCUT2D eigenvalue weighted by Crippen LogP contribution is 2.20. The molecule has 0 spiro atoms. The van der Waals surface area contributed by atoms with Crippen molar-refractivity contribution in [3.63, 3.8) is 0 Å². The molecule has 0 atom stereocenters. The van der Waals surface area contributed by atoms with E-state index in [0.717, 1.165) is 33.1 Å². The molecule has 1 aromatic heterocycles. The number of carbonyl (C=O) groups excluding carboxylic acids is 1. The summed E-state index contributed by atoms with van der Waals surface area (Å²) >= 11 is 1.30. The summed E-state index contributed by atoms with van der Waals surface area (Å²) in [5, 5.41) is 0. The van der Waals surface area contributed by atoms with Gasteiger partial charge in [-0.05, 0) is 60.8 Å². The average molecular weight is 447 g/mol. The topological polar surface area (TPSA) is 70.2 Å². The monoisotopic (exact) mass is 446 g/mol. The molecule has 4 rings (SSSR count). The van der Waals surface area contributed by atoms with E-state index in [0.29, 0.717) is 26.1 Å². The zero-order valence-corrected chi connectivity index (χ0v) is 18.8. The SMILES string of the molecule is CCOc1ccc(SNC(=O)N(CCc2nc3ccccc3[nH]2)Cc2ccccc2)cc1. The van der Waals surface area contributed by atoms with Crippen molar-refractivity contribution >= 4 is 29.0 Å². The predicted octanol–water partition coefficient (Wildman–Crippen LogP) is 5.42. The molecule has 0 aliphatic heterocycles. The summed E-state index contributed by atoms with van der Waals surface area (Å²) in [5.41, 5.74) is 3.03. The fraction of sp³-hybridized carbons (Fsp3) is 0.200. The maximum absolute atomic E-state index is 13.0. The fourth-order valence-electron chi connectivity index (χ4n) is 3.36. The van der Waals surface area contributed by atoms with Gasteiger partial charge in [-0.25, -0.2) is 9.78 Å². The number of H-pyrrole nitrogens is 1. The Kier molecular flexibility index (Phi) is 7.30. The number of hydrogen-bond donors (Lipinski definition) is 2. The molecule has 4 aromatic rings. The molecule has 2 N–H and O–H groups in total. The number of aromatic nitrogens is 2. The van der Waals surface area contributed by atoms with Crippen LogP contribution < -0.4 is 9.46 Å². The van der Waals surface area contributed by atoms with E-state index in [4.69, 9.17) is 4.74 Å². The Morgan fingerprint density at radius 2 is 1.78 bits per heavy atom. The number of amides is 2. The van der Waals surface area contributed by atoms with Crippen LogP contribution in [0, 0.1) is 0 Å². The molecule has 0 unspecified atom stereocenters. The number of fused-ring (bicyclic) bond motifs is 1. The maximum atomic E-state index is 13.0. The van der Waals surface area contributed by atoms with Gasteiger partial charge in [-0.15, -0.1) is 0 Å². The van der Waals surface area contributed by atoms with Gasteiger partial charge in [-0.1, -0.05) is 42.5 Å². The minimum atomic E-state index is -0.135. The Bertz CT molecular complexity index is 1110. The second-order valence-corrected chi connectivity index (χ2v) is 8.15. The van der Waals surface area contributed by atoms with Crippen LogP contribution in [0.4, 0.5) is 4.79 Å². The van der Waals surface area contributed by atoms with Crippen LogP contribution in [-0.4, -0.2) is 34.1 Å². The van der Waals surface area contributed by atoms with Gasteiger partial charge in [0.15, 0.2) is 0 Å². The summed E-state index contributed by atoms with van der Waals surface area (Å²) in [6, 6.07) is 25.5. The molecular formula is C25H26N4O2S. The van der Waals surface area contributed by atoms with E-state index < -0.39 is 0 Å². The van der Waals surface area contributed by atoms with Crippen molar-refractivity contribution in [1.82, 2.24) is 19.6 Å². The van der Waals surface area contributed by atoms with Crippen LogP contribution in [0.1, 0.15) is 18.3 Å². The van der Waals surface area contributed by atoms with Gasteiger partial charge in [-0.2, -0.15) is 0 Å². The quantitative estimate of drug-likeness (QED) is 0.337. The lowest BCUT2D eigenvalue weighted by atomic mass is 10.2. The summed E-state index contributed by atoms with van der Waals surface area (Å²) in [4.78, 5) is 23.8. The standard InChI is InChI=1S/C25H26N4O2S/c1-2-31-20-12-14-21(15-13-20)32-28-25(30)29(18-19-8-4-3-5-9-19)17-16-24-26-22-10-6-7-11-23(22)27-24/h3-15H,2,16-18H2,1H3,(H,26,27)(H,28,30). The van der Waals surface area contributed by atoms with Gasteiger partial charge in [0.25, 0.3) is 0 Å². The summed E-state index contributed by atoms with van der Waals surface area (Å²) in [6.07, 6.45) is 0.642. The van der Waals surface area contributed by atoms with E-state index in [2.05, 4.69) is 14.7 Å². The smallest absolute Gasteiger partial charge is 0.327 e. The minimum absolute atomic E-state index is 0.135. The molecule has 0 saturated heterocycles. The number of urea groups is 1. The largest absolute Gasteiger partial charge is 0.494 e. The van der Waals surface area contributed by atoms with Crippen LogP contribution in [0.2, 0.25) is 0 Å². The zero-order valence-electron chi connectivity index (χ0n) is 18.0. The van der Waals surface area contributed by atoms with E-state index >= 15 is 0 Å². The van der Waals surface area contributed by atoms with Crippen LogP contribution in [0.15, 0.2) is 83.8 Å². The summed E-state index contributed by atoms with van der Waals surface area (Å²) in [6.45, 7) is 3.65. The van der Waals surface area contributed by atoms with E-state index in [1.165, 1.54) is 11.9 Å². The number of hydrogen-bond acceptors (Lipinski definition) is 4. The Hall–Kier alpha value is -3.45. The molecule has 6 nitrogen and oxygen atoms in total. The molecule has 0 aliphatic rings. The molecule has 32 heavy (non-hydrogen) atoms. The molecule has 164 valence electrons. The lowest BCUT2D eigenvalue weighted by Crippen LogP contribution is -2.38. The molecule has 0 aliphatic carbocycles. The molecule has 0 bridgehead atoms. The summed E-state index contributed by atoms with van der Waals surface area (Å²) in [5.74, 6) is 1.69. The number of imidazole rings is 1. The average Bonchev–Trinajstić information content (AvgIpc) is 3.25. The van der Waals surface area contributed by atoms with Crippen LogP contribution >= 0.6 is 11.9 Å². The number of para-hydroxylation sites is 2. The number of nitrogens with one attached hydrogen (secondary N) is 2. The van der Waals surface area contributed by atoms with Crippen molar-refractivity contribution in [1.29, 1.82) is 0 Å². The fourth-order valence-corrected chi connectivity index (χ4v) is 3.97. The number of rotatable bonds is 9. The Balaban J connectivity index is 1.41. The van der Waals surface area contributed by atoms with E-state index in [-0.39, 0.29) is 6.03 Å². The van der Waals surface area contributed by atoms with E-state index in [9.17, 15) is 4.79 Å². The Labute approximate surface area is 192 Å². The number of ether oxygens (including phenoxy) is 1. The Morgan fingerprint density at radius 3 is 2.53 bits per heavy atom. The van der Waals surface area contributed by atoms with Gasteiger partial charge in [0, 0.05) is 24.4 Å². The second kappa shape index (κ2) is 10.7. The molecule has 1 heterocycles. The Morgan fingerprint density at radius 1 is 1.03 bits per heavy atom. The highest BCUT2D eigenvalue weighted by molar-refractivity contribution is 7.98. The van der Waals surface area contributed by atoms with E-state index in [1.54, 1.807) is 0 Å². The van der Waals surface area contributed by atoms with Crippen LogP contribution in [-0.2, 0) is 13.0 Å². The van der Waals surface area contributed by atoms with Crippen molar-refractivity contribution in [3.8, 4) is 5.75 Å². The highest BCUT2D eigenvalue weighted by atomic mass is 32.2. The third-order valence-corrected chi connectivity index (χ3v) is 5.74. The van der Waals surface area contributed by atoms with Crippen LogP contribution in [0.3, 0.4) is 0 Å². The molecule has 0 fully saturated rings. The van der Waals surface area contributed by atoms with E-state index in [1.807, 2.05) is 90.7 Å². The molecule has 2 amide bonds. The van der Waals surface area contributed by atoms with Crippen LogP contribution in [0.25, 0.3) is 11.0 Å². The zero-order chi connectivity index (χ0) is 22.2. The third-order valence-electron chi connectivity index (χ3n) is 4.95. The third kappa shape index (κ3) is 5.82. The van der Waals surface area contributed by atoms with Crippen molar-refractivity contribution in [2.75, 3.05) is 13.2 Å². The second-order valence-electron chi connectivity index (χ2n) is 7.27. The lowest BCUT2D eigenvalue weighted by molar-refractivity contribution is 0.202. The minimum Gasteiger partial charge on any atom is -0.494 e. The van der Waals surface area contributed by atoms with Crippen molar-refractivity contribution in [3.05, 3.63) is 90.3 Å². The van der Waals surface area contributed by atoms with Crippen molar-refractivity contribution in [2.24, 2.45) is 0 Å². The molecular weight excluding hydrogens is 420 g/mol. The summed E-state index contributed by atoms with van der Waals surface area (Å²) in [7, 11) is 0. The first-order valence-corrected chi connectivity index (χ1v) is 11.4. The maximum Gasteiger partial charge on any atom is 0.327 e. The van der Waals surface area contributed by atoms with Gasteiger partial charge in [-0.3, -0.25) is 4.72 Å². The molecule has 3 aromatic carbocycles. The summed E-state index contributed by atoms with van der Waals surface area (Å²) < 4.78 is 8.44. The number of nitrogens with zero attached hydrogens (tertiary/aromatic N) is 2. The molecule has 0 saturated carbocycles. The highest BCUT2D eigenvalue weighted by Gasteiger charge is 2.15. The normalized spacial score (nSPS) is 10.8. The van der Waals surface area contributed by atoms with Crippen molar-refractivity contribution < 1.29 is 9.53 Å². The number of benzene rings is 3. The lowest BCUT2D eigenvalue weighted by Gasteiger charge is -2.22. The van der Waals surface area contributed by atoms with Gasteiger partial charge in [0.2, 0.25) is 0 Å². The first-order chi connectivity index (χ1) is 15.7. The first kappa shape index (κ1) is 21.8. The number of aromatic amines is 1. The van der Waals surface area contributed by atoms with Crippen molar-refractivity contribution in [2.45, 2.75) is 24.8 Å². The first-order valence-electron chi connectivity index (χ1n) is 10.6. The molecule has 0 radical (unpaired) electrons. The van der Waals surface area contributed by atoms with Gasteiger partial charge in [0.05, 0.1) is 17.6 Å². The molecule has 7 heteroatoms. The van der Waals surface area contributed by atoms with Crippen LogP contribution in [0.5, 0.6) is 5.75 Å². The van der Waals surface area contributed by atoms with Gasteiger partial charge < -0.3 is 14.6 Å². The van der Waals surface area contributed by atoms with Gasteiger partial charge in [0.1, 0.15) is 11.6 Å². The predicted molar refractivity (Wildman–Crippen MR) is 129 cm³/mol.